The minimum absolute atomic E-state index is 0.211. The third-order valence-electron chi connectivity index (χ3n) is 6.55. The van der Waals surface area contributed by atoms with Crippen molar-refractivity contribution in [2.24, 2.45) is 17.3 Å². The maximum atomic E-state index is 12.9. The van der Waals surface area contributed by atoms with Gasteiger partial charge in [-0.25, -0.2) is 4.98 Å². The van der Waals surface area contributed by atoms with Crippen LogP contribution in [0.2, 0.25) is 10.0 Å². The summed E-state index contributed by atoms with van der Waals surface area (Å²) in [4.78, 5) is 20.8. The molecule has 0 saturated heterocycles. The lowest BCUT2D eigenvalue weighted by atomic mass is 9.69. The Labute approximate surface area is 188 Å². The quantitative estimate of drug-likeness (QED) is 0.416. The number of rotatable bonds is 4. The van der Waals surface area contributed by atoms with E-state index >= 15 is 0 Å². The number of H-pyrrole nitrogens is 1. The van der Waals surface area contributed by atoms with E-state index in [0.29, 0.717) is 39.2 Å². The molecule has 5 heteroatoms. The van der Waals surface area contributed by atoms with E-state index in [1.807, 2.05) is 24.3 Å². The Kier molecular flexibility index (Phi) is 5.96. The van der Waals surface area contributed by atoms with Crippen molar-refractivity contribution in [1.82, 2.24) is 9.97 Å². The van der Waals surface area contributed by atoms with E-state index in [4.69, 9.17) is 23.2 Å². The highest BCUT2D eigenvalue weighted by Gasteiger charge is 2.30. The van der Waals surface area contributed by atoms with Crippen molar-refractivity contribution >= 4 is 40.0 Å². The zero-order valence-corrected chi connectivity index (χ0v) is 19.3. The maximum absolute atomic E-state index is 12.9. The van der Waals surface area contributed by atoms with Crippen LogP contribution in [-0.4, -0.2) is 15.8 Å². The van der Waals surface area contributed by atoms with E-state index in [-0.39, 0.29) is 5.78 Å². The van der Waals surface area contributed by atoms with Gasteiger partial charge in [-0.05, 0) is 73.3 Å². The molecule has 1 saturated carbocycles. The summed E-state index contributed by atoms with van der Waals surface area (Å²) in [7, 11) is 0. The van der Waals surface area contributed by atoms with Crippen LogP contribution in [0.3, 0.4) is 0 Å². The van der Waals surface area contributed by atoms with Gasteiger partial charge in [0.2, 0.25) is 0 Å². The first kappa shape index (κ1) is 21.4. The zero-order chi connectivity index (χ0) is 21.5. The molecule has 0 bridgehead atoms. The Bertz CT molecular complexity index is 1050. The topological polar surface area (TPSA) is 45.8 Å². The van der Waals surface area contributed by atoms with E-state index in [1.54, 1.807) is 12.1 Å². The number of hydrogen-bond acceptors (Lipinski definition) is 2. The van der Waals surface area contributed by atoms with Crippen molar-refractivity contribution in [1.29, 1.82) is 0 Å². The maximum Gasteiger partial charge on any atom is 0.163 e. The van der Waals surface area contributed by atoms with E-state index in [9.17, 15) is 4.79 Å². The Morgan fingerprint density at radius 3 is 2.37 bits per heavy atom. The summed E-state index contributed by atoms with van der Waals surface area (Å²) in [6.07, 6.45) is 5.37. The molecule has 4 rings (SSSR count). The van der Waals surface area contributed by atoms with E-state index in [1.165, 1.54) is 12.8 Å². The minimum Gasteiger partial charge on any atom is -0.338 e. The van der Waals surface area contributed by atoms with Crippen LogP contribution in [0.15, 0.2) is 36.4 Å². The van der Waals surface area contributed by atoms with Gasteiger partial charge in [0.15, 0.2) is 5.78 Å². The van der Waals surface area contributed by atoms with Crippen molar-refractivity contribution in [2.45, 2.75) is 52.9 Å². The van der Waals surface area contributed by atoms with Crippen LogP contribution in [0, 0.1) is 17.3 Å². The lowest BCUT2D eigenvalue weighted by Gasteiger charge is -2.36. The van der Waals surface area contributed by atoms with Crippen molar-refractivity contribution in [3.8, 4) is 11.4 Å². The largest absolute Gasteiger partial charge is 0.338 e. The van der Waals surface area contributed by atoms with Gasteiger partial charge in [-0.2, -0.15) is 0 Å². The van der Waals surface area contributed by atoms with Crippen molar-refractivity contribution in [3.63, 3.8) is 0 Å². The summed E-state index contributed by atoms with van der Waals surface area (Å²) in [5.74, 6) is 2.08. The Hall–Kier alpha value is -1.84. The number of halogens is 2. The molecule has 1 aromatic heterocycles. The summed E-state index contributed by atoms with van der Waals surface area (Å²) in [5, 5.41) is 1.09. The number of aromatic amines is 1. The van der Waals surface area contributed by atoms with E-state index in [0.717, 1.165) is 35.4 Å². The third kappa shape index (κ3) is 4.43. The lowest BCUT2D eigenvalue weighted by molar-refractivity contribution is 0.0917. The van der Waals surface area contributed by atoms with Gasteiger partial charge < -0.3 is 4.98 Å². The summed E-state index contributed by atoms with van der Waals surface area (Å²) in [5.41, 5.74) is 3.40. The first-order chi connectivity index (χ1) is 14.2. The number of carbonyl (C=O) groups excluding carboxylic acids is 1. The highest BCUT2D eigenvalue weighted by Crippen LogP contribution is 2.41. The number of carbonyl (C=O) groups is 1. The van der Waals surface area contributed by atoms with Gasteiger partial charge in [0.05, 0.1) is 26.6 Å². The molecule has 1 fully saturated rings. The van der Waals surface area contributed by atoms with Gasteiger partial charge >= 0.3 is 0 Å². The summed E-state index contributed by atoms with van der Waals surface area (Å²) in [6.45, 7) is 6.98. The molecule has 30 heavy (non-hydrogen) atoms. The molecule has 2 aromatic carbocycles. The van der Waals surface area contributed by atoms with Crippen LogP contribution >= 0.6 is 23.2 Å². The van der Waals surface area contributed by atoms with Gasteiger partial charge in [0.1, 0.15) is 5.82 Å². The molecule has 0 radical (unpaired) electrons. The molecule has 0 spiro atoms. The predicted octanol–water partition coefficient (Wildman–Crippen LogP) is 7.96. The van der Waals surface area contributed by atoms with Gasteiger partial charge in [0.25, 0.3) is 0 Å². The number of aromatic nitrogens is 2. The minimum atomic E-state index is 0.211. The molecular formula is C25H28Cl2N2O. The number of benzene rings is 2. The van der Waals surface area contributed by atoms with Gasteiger partial charge in [-0.15, -0.1) is 0 Å². The smallest absolute Gasteiger partial charge is 0.163 e. The molecule has 1 aliphatic rings. The van der Waals surface area contributed by atoms with Crippen LogP contribution in [0.1, 0.15) is 63.2 Å². The average molecular weight is 443 g/mol. The molecule has 0 unspecified atom stereocenters. The fraction of sp³-hybridized carbons (Fsp3) is 0.440. The highest BCUT2D eigenvalue weighted by atomic mass is 35.5. The number of imidazole rings is 1. The molecule has 1 aliphatic carbocycles. The van der Waals surface area contributed by atoms with Crippen LogP contribution < -0.4 is 0 Å². The molecule has 3 aromatic rings. The second kappa shape index (κ2) is 8.36. The fourth-order valence-corrected chi connectivity index (χ4v) is 5.21. The Morgan fingerprint density at radius 1 is 1.07 bits per heavy atom. The highest BCUT2D eigenvalue weighted by molar-refractivity contribution is 6.39. The Morgan fingerprint density at radius 2 is 1.73 bits per heavy atom. The van der Waals surface area contributed by atoms with Crippen molar-refractivity contribution < 1.29 is 4.79 Å². The number of hydrogen-bond donors (Lipinski definition) is 1. The van der Waals surface area contributed by atoms with Crippen LogP contribution in [0.25, 0.3) is 22.4 Å². The normalized spacial score (nSPS) is 19.9. The fourth-order valence-electron chi connectivity index (χ4n) is 4.64. The van der Waals surface area contributed by atoms with Gasteiger partial charge in [0, 0.05) is 12.0 Å². The number of Topliss-reactive ketones (excluding diaryl/α,β-unsaturated/α-hetero) is 1. The van der Waals surface area contributed by atoms with Crippen LogP contribution in [0.4, 0.5) is 0 Å². The number of nitrogens with one attached hydrogen (secondary N) is 1. The number of fused-ring (bicyclic) bond motifs is 1. The van der Waals surface area contributed by atoms with Crippen molar-refractivity contribution in [3.05, 3.63) is 52.0 Å². The molecule has 158 valence electrons. The lowest BCUT2D eigenvalue weighted by Crippen LogP contribution is -2.26. The molecule has 1 heterocycles. The SMILES string of the molecule is CC(C)(C)C1CCC(CC(=O)c2ccc3nc(-c4c(Cl)cccc4Cl)[nH]c3c2)CC1. The predicted molar refractivity (Wildman–Crippen MR) is 125 cm³/mol. The van der Waals surface area contributed by atoms with Crippen LogP contribution in [-0.2, 0) is 0 Å². The third-order valence-corrected chi connectivity index (χ3v) is 7.18. The zero-order valence-electron chi connectivity index (χ0n) is 17.8. The number of nitrogens with zero attached hydrogens (tertiary/aromatic N) is 1. The second-order valence-corrected chi connectivity index (χ2v) is 10.4. The second-order valence-electron chi connectivity index (χ2n) is 9.62. The molecule has 1 N–H and O–H groups in total. The standard InChI is InChI=1S/C25H28Cl2N2O/c1-25(2,3)17-10-7-15(8-11-17)13-22(30)16-9-12-20-21(14-16)29-24(28-20)23-18(26)5-4-6-19(23)27/h4-6,9,12,14-15,17H,7-8,10-11,13H2,1-3H3,(H,28,29). The first-order valence-electron chi connectivity index (χ1n) is 10.7. The molecule has 0 amide bonds. The molecule has 3 nitrogen and oxygen atoms in total. The van der Waals surface area contributed by atoms with Crippen molar-refractivity contribution in [2.75, 3.05) is 0 Å². The van der Waals surface area contributed by atoms with Gasteiger partial charge in [-0.3, -0.25) is 4.79 Å². The van der Waals surface area contributed by atoms with E-state index < -0.39 is 0 Å². The van der Waals surface area contributed by atoms with Crippen LogP contribution in [0.5, 0.6) is 0 Å². The Balaban J connectivity index is 1.49. The summed E-state index contributed by atoms with van der Waals surface area (Å²) >= 11 is 12.6. The molecule has 0 aliphatic heterocycles. The van der Waals surface area contributed by atoms with E-state index in [2.05, 4.69) is 30.7 Å². The number of ketones is 1. The summed E-state index contributed by atoms with van der Waals surface area (Å²) in [6, 6.07) is 11.1. The summed E-state index contributed by atoms with van der Waals surface area (Å²) < 4.78 is 0. The van der Waals surface area contributed by atoms with Gasteiger partial charge in [-0.1, -0.05) is 50.0 Å². The monoisotopic (exact) mass is 442 g/mol. The average Bonchev–Trinajstić information content (AvgIpc) is 3.10. The molecule has 0 atom stereocenters. The first-order valence-corrected chi connectivity index (χ1v) is 11.5. The molecular weight excluding hydrogens is 415 g/mol.